The summed E-state index contributed by atoms with van der Waals surface area (Å²) in [5.74, 6) is -10.3. The third kappa shape index (κ3) is 19.8. The lowest BCUT2D eigenvalue weighted by atomic mass is 9.54. The van der Waals surface area contributed by atoms with E-state index >= 15 is 28.8 Å². The molecule has 7 heterocycles. The van der Waals surface area contributed by atoms with E-state index in [2.05, 4.69) is 47.9 Å². The van der Waals surface area contributed by atoms with Crippen molar-refractivity contribution < 1.29 is 117 Å². The van der Waals surface area contributed by atoms with Gasteiger partial charge >= 0.3 is 6.09 Å². The first-order chi connectivity index (χ1) is 59.5. The molecule has 0 unspecified atom stereocenters. The number of anilines is 1. The number of rotatable bonds is 20. The van der Waals surface area contributed by atoms with E-state index in [1.54, 1.807) is 31.2 Å². The first-order valence-electron chi connectivity index (χ1n) is 42.2. The third-order valence-corrected chi connectivity index (χ3v) is 25.1. The van der Waals surface area contributed by atoms with Gasteiger partial charge in [-0.2, -0.15) is 0 Å². The maximum absolute atomic E-state index is 16.6. The Morgan fingerprint density at radius 2 is 1.34 bits per heavy atom. The summed E-state index contributed by atoms with van der Waals surface area (Å²) in [6.45, 7) is 11.4. The molecule has 18 atom stereocenters. The van der Waals surface area contributed by atoms with Gasteiger partial charge < -0.3 is 128 Å². The van der Waals surface area contributed by atoms with Crippen molar-refractivity contribution in [1.29, 1.82) is 0 Å². The number of carbonyl (C=O) groups is 9. The van der Waals surface area contributed by atoms with Crippen molar-refractivity contribution in [3.63, 3.8) is 0 Å². The van der Waals surface area contributed by atoms with Crippen LogP contribution >= 0.6 is 11.6 Å². The smallest absolute Gasteiger partial charge is 0.417 e. The average molecular weight is 1750 g/mol. The van der Waals surface area contributed by atoms with E-state index < -0.39 is 199 Å². The molecule has 6 aromatic carbocycles. The van der Waals surface area contributed by atoms with E-state index in [9.17, 15) is 50.1 Å². The van der Waals surface area contributed by atoms with E-state index in [0.29, 0.717) is 29.9 Å². The second-order valence-electron chi connectivity index (χ2n) is 34.7. The van der Waals surface area contributed by atoms with Gasteiger partial charge in [0.15, 0.2) is 23.9 Å². The Hall–Kier alpha value is -10.8. The van der Waals surface area contributed by atoms with Crippen LogP contribution in [-0.2, 0) is 52.6 Å². The number of phenolic OH excluding ortho intramolecular Hbond substituents is 1. The van der Waals surface area contributed by atoms with Crippen molar-refractivity contribution >= 4 is 70.6 Å². The number of carbonyl (C=O) groups excluding carboxylic acids is 9. The molecule has 0 radical (unpaired) electrons. The summed E-state index contributed by atoms with van der Waals surface area (Å²) in [4.78, 5) is 138. The van der Waals surface area contributed by atoms with E-state index in [1.807, 2.05) is 20.8 Å². The Bertz CT molecular complexity index is 5070. The molecule has 0 spiro atoms. The molecule has 0 aromatic heterocycles. The number of halogens is 1. The van der Waals surface area contributed by atoms with Crippen LogP contribution in [0.25, 0.3) is 11.1 Å². The van der Waals surface area contributed by atoms with Crippen LogP contribution in [0.2, 0.25) is 5.02 Å². The van der Waals surface area contributed by atoms with Crippen LogP contribution in [0.3, 0.4) is 0 Å². The van der Waals surface area contributed by atoms with Crippen LogP contribution in [0.15, 0.2) is 103 Å². The van der Waals surface area contributed by atoms with Gasteiger partial charge in [-0.25, -0.2) is 4.79 Å². The fourth-order valence-electron chi connectivity index (χ4n) is 18.6. The number of phenols is 1. The number of unbranched alkanes of at least 4 members (excludes halogenated alkanes) is 1. The molecule has 7 aliphatic heterocycles. The number of hydrogen-bond donors (Lipinski definition) is 18. The number of nitrogens with one attached hydrogen (secondary N) is 9. The molecule has 36 heteroatoms. The summed E-state index contributed by atoms with van der Waals surface area (Å²) in [7, 11) is 1.51. The van der Waals surface area contributed by atoms with Crippen molar-refractivity contribution in [2.75, 3.05) is 25.6 Å². The van der Waals surface area contributed by atoms with Crippen LogP contribution < -0.4 is 83.0 Å². The zero-order chi connectivity index (χ0) is 89.5. The second-order valence-corrected chi connectivity index (χ2v) is 35.1. The Kier molecular flexibility index (Phi) is 27.3. The Labute approximate surface area is 725 Å². The summed E-state index contributed by atoms with van der Waals surface area (Å²) >= 11 is 7.34. The largest absolute Gasteiger partial charge is 0.507 e. The SMILES string of the molecule is CCCCOc1ccc(NC(=O)Oc2cc(C)c3c(c2)[C@@H](C(=O)NC2C4CC5CC(C4)CC2C5)NC(=O)[C@H]2NC(=O)[C@H](NC(=O)[C@@H]4NC(=O)[C@H](CC(N)=O)NC(=O)[C@H](NC(=O)[C@@H](CC(C)C)NC)[C@H](O)c5ccc(c(C)c5)Oc5cc4cc(c5O[C@@H]4O[C@H](CO)[C@@H](O)[C@H](O)[C@H]4O[C@H]4C[C@](C)(N)[C@H](O)[C@H](C)O4)Oc4ccc(cc4Cl)[C@H]2O)c2ccc(O)c-3c2)cc1. The van der Waals surface area contributed by atoms with Gasteiger partial charge in [0, 0.05) is 29.3 Å². The number of aromatic hydroxyl groups is 1. The predicted molar refractivity (Wildman–Crippen MR) is 448 cm³/mol. The first kappa shape index (κ1) is 90.4. The lowest BCUT2D eigenvalue weighted by Gasteiger charge is -2.54. The fraction of sp³-hybridized carbons (Fsp3) is 0.494. The summed E-state index contributed by atoms with van der Waals surface area (Å²) in [6.07, 6.45) is -12.9. The van der Waals surface area contributed by atoms with E-state index in [1.165, 1.54) is 94.5 Å². The molecule has 17 rings (SSSR count). The number of aliphatic hydroxyl groups excluding tert-OH is 6. The summed E-state index contributed by atoms with van der Waals surface area (Å²) in [5.41, 5.74) is 10.9. The fourth-order valence-corrected chi connectivity index (χ4v) is 18.8. The number of ether oxygens (including phenoxy) is 8. The van der Waals surface area contributed by atoms with E-state index in [0.717, 1.165) is 57.1 Å². The van der Waals surface area contributed by atoms with Crippen molar-refractivity contribution in [1.82, 2.24) is 42.5 Å². The number of aliphatic hydroxyl groups is 6. The van der Waals surface area contributed by atoms with Crippen molar-refractivity contribution in [3.8, 4) is 57.1 Å². The van der Waals surface area contributed by atoms with Crippen molar-refractivity contribution in [2.45, 2.75) is 228 Å². The predicted octanol–water partition coefficient (Wildman–Crippen LogP) is 5.30. The Morgan fingerprint density at radius 3 is 1.98 bits per heavy atom. The highest BCUT2D eigenvalue weighted by atomic mass is 35.5. The Balaban J connectivity index is 0.954. The molecular weight excluding hydrogens is 1640 g/mol. The number of likely N-dealkylation sites (N-methyl/N-ethyl adjacent to an activating group) is 1. The number of aryl methyl sites for hydroxylation is 2. The van der Waals surface area contributed by atoms with Crippen LogP contribution in [0.4, 0.5) is 10.5 Å². The maximum Gasteiger partial charge on any atom is 0.417 e. The van der Waals surface area contributed by atoms with Crippen LogP contribution in [0.5, 0.6) is 46.0 Å². The molecule has 4 aliphatic carbocycles. The lowest BCUT2D eigenvalue weighted by molar-refractivity contribution is -0.333. The van der Waals surface area contributed by atoms with Crippen LogP contribution in [0.1, 0.15) is 168 Å². The topological polar surface area (TPSA) is 529 Å². The van der Waals surface area contributed by atoms with Crippen molar-refractivity contribution in [3.05, 3.63) is 147 Å². The second kappa shape index (κ2) is 37.8. The number of fused-ring (bicyclic) bond motifs is 15. The first-order valence-corrected chi connectivity index (χ1v) is 42.6. The summed E-state index contributed by atoms with van der Waals surface area (Å²) in [5, 5.41) is 108. The van der Waals surface area contributed by atoms with Gasteiger partial charge in [-0.05, 0) is 239 Å². The number of amides is 9. The van der Waals surface area contributed by atoms with Crippen LogP contribution in [0, 0.1) is 43.4 Å². The molecule has 15 bridgehead atoms. The molecule has 11 aliphatic rings. The van der Waals surface area contributed by atoms with Gasteiger partial charge in [-0.3, -0.25) is 43.7 Å². The molecule has 670 valence electrons. The highest BCUT2D eigenvalue weighted by Crippen LogP contribution is 2.55. The van der Waals surface area contributed by atoms with E-state index in [-0.39, 0.29) is 109 Å². The molecule has 6 fully saturated rings. The quantitative estimate of drug-likeness (QED) is 0.0431. The molecule has 9 amide bonds. The van der Waals surface area contributed by atoms with Gasteiger partial charge in [-0.15, -0.1) is 0 Å². The molecule has 20 N–H and O–H groups in total. The minimum absolute atomic E-state index is 0.0154. The molecule has 4 saturated carbocycles. The highest BCUT2D eigenvalue weighted by Gasteiger charge is 2.53. The zero-order valence-electron chi connectivity index (χ0n) is 70.2. The molecule has 6 aromatic rings. The van der Waals surface area contributed by atoms with Crippen LogP contribution in [-0.4, -0.2) is 194 Å². The van der Waals surface area contributed by atoms with Gasteiger partial charge in [0.2, 0.25) is 59.3 Å². The zero-order valence-corrected chi connectivity index (χ0v) is 70.9. The monoisotopic (exact) mass is 1750 g/mol. The van der Waals surface area contributed by atoms with E-state index in [4.69, 9.17) is 61.0 Å². The standard InChI is InChI=1S/C89H108ClN11O24/c1-9-10-21-118-51-16-14-50(15-17-51)94-88(117)120-52-24-40(5)66-53-30-44(11-18-58(53)103)68-82(112)101-72(86(116)99-70(54(66)34-52)84(114)96-67-47-26-42-25-43(28-47)29-48(67)27-42)74(106)46-13-20-60(55(90)31-46)122-62-33-49-32-61(77(62)125-87-78(76(108)75(107)63(37-102)123-87)124-65-36-89(7,92)79(109)41(6)119-65)121-59-19-12-45(23-39(59)4)73(105)71(100-80(110)56(93-8)22-38(2)3)85(115)95-57(35-64(91)104)81(111)97-69(49)83(113)98-68/h11-20,23-24,30-34,38,41-43,47-48,56-57,63,65,67-76,78-79,87,93,102-103,105-109H,9-10,21-22,25-29,35-37,92H2,1-8H3,(H2,91,104)(H,94,117)(H,95,115)(H,96,114)(H,97,111)(H,98,113)(H,99,116)(H,100,110)(H,101,112)/t41-,42?,43?,47?,48?,56+,57-,63+,65-,67?,68+,69+,70-,71+,72-,73+,74+,75+,76-,78+,79+,87-,89-/m0/s1. The minimum atomic E-state index is -2.29. The third-order valence-electron chi connectivity index (χ3n) is 24.9. The van der Waals surface area contributed by atoms with Gasteiger partial charge in [0.1, 0.15) is 95.5 Å². The number of benzene rings is 6. The normalized spacial score (nSPS) is 30.3. The summed E-state index contributed by atoms with van der Waals surface area (Å²) in [6, 6.07) is 9.28. The molecule has 2 saturated heterocycles. The summed E-state index contributed by atoms with van der Waals surface area (Å²) < 4.78 is 51.2. The molecule has 35 nitrogen and oxygen atoms in total. The maximum atomic E-state index is 16.6. The number of hydrogen-bond acceptors (Lipinski definition) is 26. The minimum Gasteiger partial charge on any atom is -0.507 e. The molecule has 125 heavy (non-hydrogen) atoms. The number of nitrogens with two attached hydrogens (primary N) is 2. The highest BCUT2D eigenvalue weighted by molar-refractivity contribution is 6.32. The van der Waals surface area contributed by atoms with Gasteiger partial charge in [0.25, 0.3) is 0 Å². The van der Waals surface area contributed by atoms with Gasteiger partial charge in [0.05, 0.1) is 42.9 Å². The van der Waals surface area contributed by atoms with Crippen molar-refractivity contribution in [2.24, 2.45) is 41.1 Å². The number of primary amides is 1. The lowest BCUT2D eigenvalue weighted by Crippen LogP contribution is -2.64. The molecular formula is C89H108ClN11O24. The average Bonchev–Trinajstić information content (AvgIpc) is 0.757. The Morgan fingerprint density at radius 1 is 0.688 bits per heavy atom. The van der Waals surface area contributed by atoms with Gasteiger partial charge in [-0.1, -0.05) is 57.0 Å².